The molecular weight excluding hydrogens is 497 g/mol. The van der Waals surface area contributed by atoms with Crippen LogP contribution in [0.2, 0.25) is 0 Å². The van der Waals surface area contributed by atoms with E-state index in [-0.39, 0.29) is 41.0 Å². The van der Waals surface area contributed by atoms with E-state index in [1.165, 1.54) is 18.2 Å². The number of amides is 1. The van der Waals surface area contributed by atoms with Crippen LogP contribution < -0.4 is 10.0 Å². The van der Waals surface area contributed by atoms with E-state index in [0.717, 1.165) is 5.56 Å². The fraction of sp³-hybridized carbons (Fsp3) is 0.370. The molecule has 1 heterocycles. The van der Waals surface area contributed by atoms with E-state index in [1.54, 1.807) is 36.4 Å². The van der Waals surface area contributed by atoms with Gasteiger partial charge in [-0.1, -0.05) is 18.2 Å². The number of hydrogen-bond donors (Lipinski definition) is 3. The normalized spacial score (nSPS) is 18.9. The number of halogens is 1. The number of aliphatic carboxylic acids is 1. The van der Waals surface area contributed by atoms with Crippen LogP contribution >= 0.6 is 0 Å². The number of aryl methyl sites for hydroxylation is 1. The van der Waals surface area contributed by atoms with Gasteiger partial charge in [-0.3, -0.25) is 14.6 Å². The number of nitrogens with one attached hydrogen (secondary N) is 2. The lowest BCUT2D eigenvalue weighted by Crippen LogP contribution is -2.41. The van der Waals surface area contributed by atoms with Gasteiger partial charge in [0, 0.05) is 29.5 Å². The summed E-state index contributed by atoms with van der Waals surface area (Å²) in [5.74, 6) is -1.51. The van der Waals surface area contributed by atoms with Gasteiger partial charge in [-0.05, 0) is 74.6 Å². The number of benzene rings is 2. The standard InChI is InChI=1S/C27H30FN3O5S/c1-17(18-2-7-21(28)8-3-18)29-27(34)19-4-10-23(11-5-19)31-37(35,36)24-13-14-25-20(16-24)6-9-22(30-25)12-15-26(32)33/h2-3,6-9,13-14,16-17,19,23,31H,4-5,10-12,15H2,1H3,(H,29,34)(H,32,33)/t17-,19-,23-/m1/s1. The predicted molar refractivity (Wildman–Crippen MR) is 137 cm³/mol. The molecule has 0 radical (unpaired) electrons. The Morgan fingerprint density at radius 2 is 1.76 bits per heavy atom. The second kappa shape index (κ2) is 11.4. The lowest BCUT2D eigenvalue weighted by Gasteiger charge is -2.29. The van der Waals surface area contributed by atoms with E-state index in [9.17, 15) is 22.4 Å². The molecule has 196 valence electrons. The Bertz CT molecular complexity index is 1390. The summed E-state index contributed by atoms with van der Waals surface area (Å²) in [5, 5.41) is 12.5. The SMILES string of the molecule is C[C@@H](NC(=O)[C@H]1CC[C@H](NS(=O)(=O)c2ccc3nc(CCC(=O)O)ccc3c2)CC1)c1ccc(F)cc1. The van der Waals surface area contributed by atoms with Crippen LogP contribution in [0, 0.1) is 11.7 Å². The van der Waals surface area contributed by atoms with Crippen LogP contribution in [0.3, 0.4) is 0 Å². The first-order chi connectivity index (χ1) is 17.6. The van der Waals surface area contributed by atoms with Crippen LogP contribution in [0.5, 0.6) is 0 Å². The molecule has 0 saturated heterocycles. The monoisotopic (exact) mass is 527 g/mol. The summed E-state index contributed by atoms with van der Waals surface area (Å²) in [6.45, 7) is 1.85. The molecule has 0 aliphatic heterocycles. The van der Waals surface area contributed by atoms with Crippen molar-refractivity contribution in [2.24, 2.45) is 5.92 Å². The molecule has 2 aromatic carbocycles. The molecule has 4 rings (SSSR count). The van der Waals surface area contributed by atoms with Gasteiger partial charge < -0.3 is 10.4 Å². The number of carbonyl (C=O) groups excluding carboxylic acids is 1. The molecule has 1 aliphatic rings. The highest BCUT2D eigenvalue weighted by Gasteiger charge is 2.30. The van der Waals surface area contributed by atoms with Crippen LogP contribution in [0.25, 0.3) is 10.9 Å². The first-order valence-electron chi connectivity index (χ1n) is 12.3. The van der Waals surface area contributed by atoms with Gasteiger partial charge in [0.05, 0.1) is 22.9 Å². The summed E-state index contributed by atoms with van der Waals surface area (Å²) in [5.41, 5.74) is 2.05. The number of carbonyl (C=O) groups is 2. The van der Waals surface area contributed by atoms with E-state index >= 15 is 0 Å². The third kappa shape index (κ3) is 6.90. The molecule has 37 heavy (non-hydrogen) atoms. The number of aromatic nitrogens is 1. The highest BCUT2D eigenvalue weighted by Crippen LogP contribution is 2.27. The number of pyridine rings is 1. The maximum atomic E-state index is 13.1. The quantitative estimate of drug-likeness (QED) is 0.385. The summed E-state index contributed by atoms with van der Waals surface area (Å²) in [6.07, 6.45) is 2.51. The van der Waals surface area contributed by atoms with Gasteiger partial charge in [0.15, 0.2) is 0 Å². The second-order valence-corrected chi connectivity index (χ2v) is 11.2. The number of hydrogen-bond acceptors (Lipinski definition) is 5. The molecule has 0 bridgehead atoms. The van der Waals surface area contributed by atoms with Crippen LogP contribution in [0.1, 0.15) is 56.3 Å². The van der Waals surface area contributed by atoms with E-state index in [4.69, 9.17) is 5.11 Å². The van der Waals surface area contributed by atoms with Gasteiger partial charge in [0.2, 0.25) is 15.9 Å². The highest BCUT2D eigenvalue weighted by molar-refractivity contribution is 7.89. The van der Waals surface area contributed by atoms with E-state index in [1.807, 2.05) is 6.92 Å². The number of carboxylic acid groups (broad SMARTS) is 1. The Morgan fingerprint density at radius 3 is 2.43 bits per heavy atom. The third-order valence-corrected chi connectivity index (χ3v) is 8.29. The average Bonchev–Trinajstić information content (AvgIpc) is 2.87. The minimum atomic E-state index is -3.77. The van der Waals surface area contributed by atoms with Crippen molar-refractivity contribution >= 4 is 32.8 Å². The molecule has 10 heteroatoms. The van der Waals surface area contributed by atoms with Crippen molar-refractivity contribution in [3.05, 3.63) is 71.7 Å². The largest absolute Gasteiger partial charge is 0.481 e. The van der Waals surface area contributed by atoms with Crippen LogP contribution in [-0.4, -0.2) is 36.4 Å². The highest BCUT2D eigenvalue weighted by atomic mass is 32.2. The molecule has 0 spiro atoms. The Kier molecular flexibility index (Phi) is 8.19. The Hall–Kier alpha value is -3.37. The Labute approximate surface area is 215 Å². The summed E-state index contributed by atoms with van der Waals surface area (Å²) in [4.78, 5) is 28.1. The number of rotatable bonds is 9. The molecule has 8 nitrogen and oxygen atoms in total. The van der Waals surface area contributed by atoms with Gasteiger partial charge in [0.25, 0.3) is 0 Å². The smallest absolute Gasteiger partial charge is 0.303 e. The lowest BCUT2D eigenvalue weighted by molar-refractivity contribution is -0.137. The maximum absolute atomic E-state index is 13.1. The average molecular weight is 528 g/mol. The van der Waals surface area contributed by atoms with E-state index in [0.29, 0.717) is 48.7 Å². The first kappa shape index (κ1) is 26.7. The third-order valence-electron chi connectivity index (χ3n) is 6.77. The molecular formula is C27H30FN3O5S. The Balaban J connectivity index is 1.32. The molecule has 1 saturated carbocycles. The predicted octanol–water partition coefficient (Wildman–Crippen LogP) is 4.11. The van der Waals surface area contributed by atoms with Crippen LogP contribution in [-0.2, 0) is 26.0 Å². The minimum Gasteiger partial charge on any atom is -0.481 e. The van der Waals surface area contributed by atoms with Gasteiger partial charge >= 0.3 is 5.97 Å². The topological polar surface area (TPSA) is 125 Å². The summed E-state index contributed by atoms with van der Waals surface area (Å²) in [7, 11) is -3.77. The molecule has 1 amide bonds. The van der Waals surface area contributed by atoms with Gasteiger partial charge in [-0.15, -0.1) is 0 Å². The van der Waals surface area contributed by atoms with E-state index in [2.05, 4.69) is 15.0 Å². The molecule has 1 aliphatic carbocycles. The fourth-order valence-corrected chi connectivity index (χ4v) is 5.95. The number of sulfonamides is 1. The lowest BCUT2D eigenvalue weighted by atomic mass is 9.85. The van der Waals surface area contributed by atoms with Crippen molar-refractivity contribution < 1.29 is 27.5 Å². The van der Waals surface area contributed by atoms with Crippen LogP contribution in [0.4, 0.5) is 4.39 Å². The molecule has 3 aromatic rings. The zero-order valence-corrected chi connectivity index (χ0v) is 21.3. The van der Waals surface area contributed by atoms with Crippen molar-refractivity contribution in [2.45, 2.75) is 62.4 Å². The molecule has 1 aromatic heterocycles. The van der Waals surface area contributed by atoms with Gasteiger partial charge in [-0.25, -0.2) is 17.5 Å². The zero-order chi connectivity index (χ0) is 26.6. The van der Waals surface area contributed by atoms with Gasteiger partial charge in [-0.2, -0.15) is 0 Å². The first-order valence-corrected chi connectivity index (χ1v) is 13.8. The zero-order valence-electron chi connectivity index (χ0n) is 20.5. The molecule has 0 unspecified atom stereocenters. The van der Waals surface area contributed by atoms with Gasteiger partial charge in [0.1, 0.15) is 5.82 Å². The molecule has 1 fully saturated rings. The van der Waals surface area contributed by atoms with Crippen LogP contribution in [0.15, 0.2) is 59.5 Å². The molecule has 1 atom stereocenters. The maximum Gasteiger partial charge on any atom is 0.303 e. The van der Waals surface area contributed by atoms with Crippen molar-refractivity contribution in [2.75, 3.05) is 0 Å². The molecule has 3 N–H and O–H groups in total. The van der Waals surface area contributed by atoms with Crippen molar-refractivity contribution in [3.63, 3.8) is 0 Å². The van der Waals surface area contributed by atoms with Crippen molar-refractivity contribution in [3.8, 4) is 0 Å². The summed E-state index contributed by atoms with van der Waals surface area (Å²) >= 11 is 0. The van der Waals surface area contributed by atoms with Crippen molar-refractivity contribution in [1.29, 1.82) is 0 Å². The summed E-state index contributed by atoms with van der Waals surface area (Å²) < 4.78 is 42.0. The second-order valence-electron chi connectivity index (χ2n) is 9.50. The number of fused-ring (bicyclic) bond motifs is 1. The van der Waals surface area contributed by atoms with E-state index < -0.39 is 16.0 Å². The van der Waals surface area contributed by atoms with Crippen molar-refractivity contribution in [1.82, 2.24) is 15.0 Å². The summed E-state index contributed by atoms with van der Waals surface area (Å²) in [6, 6.07) is 13.6. The Morgan fingerprint density at radius 1 is 1.05 bits per heavy atom. The fourth-order valence-electron chi connectivity index (χ4n) is 4.61. The minimum absolute atomic E-state index is 0.0218. The number of nitrogens with zero attached hydrogens (tertiary/aromatic N) is 1. The number of carboxylic acids is 1.